The third kappa shape index (κ3) is 3.85. The molecular weight excluding hydrogens is 463 g/mol. The summed E-state index contributed by atoms with van der Waals surface area (Å²) in [5.74, 6) is 0.612. The summed E-state index contributed by atoms with van der Waals surface area (Å²) < 4.78 is 10.0. The lowest BCUT2D eigenvalue weighted by Crippen LogP contribution is -2.41. The lowest BCUT2D eigenvalue weighted by molar-refractivity contribution is 0.414. The summed E-state index contributed by atoms with van der Waals surface area (Å²) in [5, 5.41) is 0.904. The standard InChI is InChI=1S/C24H22Cl2N4O3/c1-33-18-8-4-7-17(12-18)29-22-21(23(31)30(24(29)32)16-5-2-3-6-16)28(14-27-22)13-15-9-10-19(25)20(26)11-15/h4,7-12,14,16H,2-3,5-6,13H2,1H3. The quantitative estimate of drug-likeness (QED) is 0.406. The summed E-state index contributed by atoms with van der Waals surface area (Å²) in [4.78, 5) is 31.8. The Balaban J connectivity index is 1.76. The fourth-order valence-corrected chi connectivity index (χ4v) is 4.90. The molecule has 0 aliphatic heterocycles. The monoisotopic (exact) mass is 484 g/mol. The zero-order valence-corrected chi connectivity index (χ0v) is 19.5. The van der Waals surface area contributed by atoms with Crippen molar-refractivity contribution in [2.24, 2.45) is 0 Å². The van der Waals surface area contributed by atoms with Crippen LogP contribution in [-0.4, -0.2) is 25.8 Å². The van der Waals surface area contributed by atoms with Crippen LogP contribution in [0.5, 0.6) is 5.75 Å². The summed E-state index contributed by atoms with van der Waals surface area (Å²) in [5.41, 5.74) is 1.44. The smallest absolute Gasteiger partial charge is 0.337 e. The summed E-state index contributed by atoms with van der Waals surface area (Å²) in [7, 11) is 1.57. The number of nitrogens with zero attached hydrogens (tertiary/aromatic N) is 4. The molecule has 33 heavy (non-hydrogen) atoms. The molecule has 2 aromatic carbocycles. The number of methoxy groups -OCH3 is 1. The first-order chi connectivity index (χ1) is 16.0. The first-order valence-corrected chi connectivity index (χ1v) is 11.5. The third-order valence-corrected chi connectivity index (χ3v) is 6.93. The van der Waals surface area contributed by atoms with E-state index in [1.807, 2.05) is 24.3 Å². The number of imidazole rings is 1. The number of hydrogen-bond donors (Lipinski definition) is 0. The summed E-state index contributed by atoms with van der Waals surface area (Å²) in [6, 6.07) is 12.4. The van der Waals surface area contributed by atoms with E-state index in [9.17, 15) is 9.59 Å². The van der Waals surface area contributed by atoms with E-state index >= 15 is 0 Å². The van der Waals surface area contributed by atoms with Crippen molar-refractivity contribution in [2.75, 3.05) is 7.11 Å². The molecule has 7 nitrogen and oxygen atoms in total. The number of fused-ring (bicyclic) bond motifs is 1. The molecule has 0 spiro atoms. The Hall–Kier alpha value is -3.03. The van der Waals surface area contributed by atoms with Gasteiger partial charge in [-0.25, -0.2) is 14.3 Å². The van der Waals surface area contributed by atoms with Crippen LogP contribution in [0, 0.1) is 0 Å². The van der Waals surface area contributed by atoms with Crippen LogP contribution in [0.25, 0.3) is 16.9 Å². The van der Waals surface area contributed by atoms with Gasteiger partial charge in [-0.15, -0.1) is 0 Å². The molecule has 1 saturated carbocycles. The molecule has 2 heterocycles. The molecule has 0 bridgehead atoms. The Bertz CT molecular complexity index is 1470. The van der Waals surface area contributed by atoms with Crippen LogP contribution >= 0.6 is 23.2 Å². The van der Waals surface area contributed by atoms with Gasteiger partial charge in [0, 0.05) is 18.7 Å². The topological polar surface area (TPSA) is 71.1 Å². The summed E-state index contributed by atoms with van der Waals surface area (Å²) in [6.45, 7) is 0.365. The van der Waals surface area contributed by atoms with E-state index in [4.69, 9.17) is 27.9 Å². The molecule has 4 aromatic rings. The number of halogens is 2. The lowest BCUT2D eigenvalue weighted by Gasteiger charge is -2.17. The van der Waals surface area contributed by atoms with Crippen LogP contribution in [0.2, 0.25) is 10.0 Å². The summed E-state index contributed by atoms with van der Waals surface area (Å²) >= 11 is 12.2. The molecule has 0 radical (unpaired) electrons. The SMILES string of the molecule is COc1cccc(-n2c(=O)n(C3CCCC3)c(=O)c3c2ncn3Cc2ccc(Cl)c(Cl)c2)c1. The second-order valence-corrected chi connectivity index (χ2v) is 9.04. The normalized spacial score (nSPS) is 14.3. The van der Waals surface area contributed by atoms with E-state index < -0.39 is 0 Å². The van der Waals surface area contributed by atoms with Crippen molar-refractivity contribution in [3.05, 3.63) is 85.2 Å². The van der Waals surface area contributed by atoms with Crippen molar-refractivity contribution in [3.63, 3.8) is 0 Å². The van der Waals surface area contributed by atoms with Crippen LogP contribution in [0.3, 0.4) is 0 Å². The molecule has 0 atom stereocenters. The summed E-state index contributed by atoms with van der Waals surface area (Å²) in [6.07, 6.45) is 5.19. The molecule has 2 aromatic heterocycles. The van der Waals surface area contributed by atoms with Crippen LogP contribution in [0.4, 0.5) is 0 Å². The van der Waals surface area contributed by atoms with E-state index in [-0.39, 0.29) is 17.3 Å². The van der Waals surface area contributed by atoms with E-state index in [2.05, 4.69) is 4.98 Å². The molecule has 1 aliphatic rings. The molecule has 1 fully saturated rings. The molecule has 1 aliphatic carbocycles. The minimum atomic E-state index is -0.382. The number of hydrogen-bond acceptors (Lipinski definition) is 4. The number of benzene rings is 2. The number of ether oxygens (including phenoxy) is 1. The van der Waals surface area contributed by atoms with Crippen LogP contribution in [0.1, 0.15) is 37.3 Å². The second-order valence-electron chi connectivity index (χ2n) is 8.23. The molecule has 170 valence electrons. The third-order valence-electron chi connectivity index (χ3n) is 6.19. The Kier molecular flexibility index (Phi) is 5.76. The predicted octanol–water partition coefficient (Wildman–Crippen LogP) is 4.83. The Morgan fingerprint density at radius 1 is 1.06 bits per heavy atom. The minimum absolute atomic E-state index is 0.125. The highest BCUT2D eigenvalue weighted by molar-refractivity contribution is 6.42. The van der Waals surface area contributed by atoms with Crippen molar-refractivity contribution in [1.82, 2.24) is 18.7 Å². The molecule has 9 heteroatoms. The van der Waals surface area contributed by atoms with Crippen LogP contribution < -0.4 is 16.0 Å². The van der Waals surface area contributed by atoms with E-state index in [1.54, 1.807) is 36.2 Å². The van der Waals surface area contributed by atoms with E-state index in [0.717, 1.165) is 31.2 Å². The first-order valence-electron chi connectivity index (χ1n) is 10.8. The van der Waals surface area contributed by atoms with Crippen molar-refractivity contribution in [1.29, 1.82) is 0 Å². The van der Waals surface area contributed by atoms with Crippen molar-refractivity contribution < 1.29 is 4.74 Å². The van der Waals surface area contributed by atoms with Gasteiger partial charge < -0.3 is 9.30 Å². The van der Waals surface area contributed by atoms with Gasteiger partial charge in [0.15, 0.2) is 11.2 Å². The lowest BCUT2D eigenvalue weighted by atomic mass is 10.2. The number of aromatic nitrogens is 4. The average Bonchev–Trinajstić information content (AvgIpc) is 3.47. The maximum Gasteiger partial charge on any atom is 0.337 e. The molecule has 0 N–H and O–H groups in total. The Morgan fingerprint density at radius 3 is 2.58 bits per heavy atom. The highest BCUT2D eigenvalue weighted by atomic mass is 35.5. The zero-order chi connectivity index (χ0) is 23.1. The van der Waals surface area contributed by atoms with Crippen molar-refractivity contribution >= 4 is 34.4 Å². The predicted molar refractivity (Wildman–Crippen MR) is 129 cm³/mol. The molecule has 0 saturated heterocycles. The minimum Gasteiger partial charge on any atom is -0.497 e. The van der Waals surface area contributed by atoms with Gasteiger partial charge in [0.05, 0.1) is 29.2 Å². The Morgan fingerprint density at radius 2 is 1.85 bits per heavy atom. The average molecular weight is 485 g/mol. The van der Waals surface area contributed by atoms with Gasteiger partial charge in [-0.3, -0.25) is 9.36 Å². The molecule has 0 amide bonds. The van der Waals surface area contributed by atoms with Gasteiger partial charge in [0.25, 0.3) is 5.56 Å². The maximum atomic E-state index is 13.7. The van der Waals surface area contributed by atoms with Gasteiger partial charge >= 0.3 is 5.69 Å². The van der Waals surface area contributed by atoms with E-state index in [1.165, 1.54) is 9.13 Å². The van der Waals surface area contributed by atoms with Gasteiger partial charge in [0.1, 0.15) is 5.75 Å². The van der Waals surface area contributed by atoms with Crippen LogP contribution in [-0.2, 0) is 6.54 Å². The van der Waals surface area contributed by atoms with E-state index in [0.29, 0.717) is 39.2 Å². The van der Waals surface area contributed by atoms with Crippen molar-refractivity contribution in [2.45, 2.75) is 38.3 Å². The zero-order valence-electron chi connectivity index (χ0n) is 18.0. The Labute approximate surface area is 199 Å². The molecular formula is C24H22Cl2N4O3. The highest BCUT2D eigenvalue weighted by Gasteiger charge is 2.26. The van der Waals surface area contributed by atoms with Crippen LogP contribution in [0.15, 0.2) is 58.4 Å². The fourth-order valence-electron chi connectivity index (χ4n) is 4.57. The largest absolute Gasteiger partial charge is 0.497 e. The van der Waals surface area contributed by atoms with Gasteiger partial charge in [-0.05, 0) is 42.7 Å². The highest BCUT2D eigenvalue weighted by Crippen LogP contribution is 2.28. The van der Waals surface area contributed by atoms with Crippen molar-refractivity contribution in [3.8, 4) is 11.4 Å². The van der Waals surface area contributed by atoms with Gasteiger partial charge in [0.2, 0.25) is 0 Å². The second kappa shape index (κ2) is 8.72. The van der Waals surface area contributed by atoms with Gasteiger partial charge in [-0.1, -0.05) is 48.2 Å². The van der Waals surface area contributed by atoms with Gasteiger partial charge in [-0.2, -0.15) is 0 Å². The maximum absolute atomic E-state index is 13.7. The fraction of sp³-hybridized carbons (Fsp3) is 0.292. The number of rotatable bonds is 5. The molecule has 5 rings (SSSR count). The first kappa shape index (κ1) is 21.8. The molecule has 0 unspecified atom stereocenters.